The number of hydrogen-bond donors (Lipinski definition) is 6. The highest BCUT2D eigenvalue weighted by molar-refractivity contribution is 5.76. The van der Waals surface area contributed by atoms with Gasteiger partial charge < -0.3 is 40.3 Å². The van der Waals surface area contributed by atoms with Gasteiger partial charge in [-0.25, -0.2) is 4.79 Å². The fourth-order valence-electron chi connectivity index (χ4n) is 2.30. The van der Waals surface area contributed by atoms with Gasteiger partial charge in [-0.3, -0.25) is 4.79 Å². The SMILES string of the molecule is COCC(O)C(O)[C@@H]1OC(O)(C(=O)O)C[C@H](O)[C@H]1NC(C)=O. The topological polar surface area (TPSA) is 166 Å². The average Bonchev–Trinajstić information content (AvgIpc) is 2.40. The molecule has 0 saturated carbocycles. The highest BCUT2D eigenvalue weighted by Gasteiger charge is 2.53. The van der Waals surface area contributed by atoms with Crippen molar-refractivity contribution in [3.63, 3.8) is 0 Å². The summed E-state index contributed by atoms with van der Waals surface area (Å²) in [5.41, 5.74) is 0. The molecule has 6 N–H and O–H groups in total. The summed E-state index contributed by atoms with van der Waals surface area (Å²) < 4.78 is 9.63. The molecule has 6 atom stereocenters. The number of nitrogens with one attached hydrogen (secondary N) is 1. The third-order valence-corrected chi connectivity index (χ3v) is 3.36. The molecule has 1 saturated heterocycles. The number of aliphatic hydroxyl groups is 4. The van der Waals surface area contributed by atoms with E-state index < -0.39 is 54.5 Å². The van der Waals surface area contributed by atoms with Crippen LogP contribution in [0.4, 0.5) is 0 Å². The van der Waals surface area contributed by atoms with Crippen LogP contribution in [0.15, 0.2) is 0 Å². The van der Waals surface area contributed by atoms with E-state index in [2.05, 4.69) is 10.1 Å². The van der Waals surface area contributed by atoms with Crippen LogP contribution in [-0.4, -0.2) is 87.4 Å². The summed E-state index contributed by atoms with van der Waals surface area (Å²) in [4.78, 5) is 22.3. The molecule has 1 aliphatic rings. The standard InChI is InChI=1S/C12H21NO9/c1-5(14)13-8-6(15)3-12(20,11(18)19)22-10(8)9(17)7(16)4-21-2/h6-10,15-17,20H,3-4H2,1-2H3,(H,13,14)(H,18,19)/t6-,7?,8+,9?,10+,12?/m0/s1. The Morgan fingerprint density at radius 2 is 2.05 bits per heavy atom. The molecule has 1 amide bonds. The number of hydrogen-bond acceptors (Lipinski definition) is 8. The van der Waals surface area contributed by atoms with Crippen molar-refractivity contribution in [2.45, 2.75) is 49.6 Å². The molecule has 10 nitrogen and oxygen atoms in total. The van der Waals surface area contributed by atoms with E-state index in [1.54, 1.807) is 0 Å². The van der Waals surface area contributed by atoms with Gasteiger partial charge >= 0.3 is 5.97 Å². The molecule has 1 heterocycles. The lowest BCUT2D eigenvalue weighted by atomic mass is 9.88. The molecular weight excluding hydrogens is 302 g/mol. The third-order valence-electron chi connectivity index (χ3n) is 3.36. The maximum absolute atomic E-state index is 11.2. The lowest BCUT2D eigenvalue weighted by Crippen LogP contribution is -2.67. The molecule has 1 rings (SSSR count). The van der Waals surface area contributed by atoms with Gasteiger partial charge in [-0.2, -0.15) is 0 Å². The second-order valence-electron chi connectivity index (χ2n) is 5.18. The molecule has 0 aromatic rings. The lowest BCUT2D eigenvalue weighted by molar-refractivity contribution is -0.295. The van der Waals surface area contributed by atoms with Crippen molar-refractivity contribution in [2.24, 2.45) is 0 Å². The predicted molar refractivity (Wildman–Crippen MR) is 69.6 cm³/mol. The van der Waals surface area contributed by atoms with Gasteiger partial charge in [0.25, 0.3) is 5.79 Å². The van der Waals surface area contributed by atoms with Crippen LogP contribution in [0.5, 0.6) is 0 Å². The highest BCUT2D eigenvalue weighted by Crippen LogP contribution is 2.30. The molecule has 10 heteroatoms. The maximum Gasteiger partial charge on any atom is 0.364 e. The number of methoxy groups -OCH3 is 1. The Hall–Kier alpha value is -1.30. The van der Waals surface area contributed by atoms with Crippen molar-refractivity contribution >= 4 is 11.9 Å². The smallest absolute Gasteiger partial charge is 0.364 e. The number of carboxylic acids is 1. The molecule has 0 bridgehead atoms. The number of carboxylic acid groups (broad SMARTS) is 1. The first-order chi connectivity index (χ1) is 10.1. The van der Waals surface area contributed by atoms with Gasteiger partial charge in [0, 0.05) is 20.5 Å². The third kappa shape index (κ3) is 4.12. The van der Waals surface area contributed by atoms with Gasteiger partial charge in [0.2, 0.25) is 5.91 Å². The Bertz CT molecular complexity index is 417. The van der Waals surface area contributed by atoms with Crippen molar-refractivity contribution in [1.29, 1.82) is 0 Å². The minimum atomic E-state index is -2.74. The van der Waals surface area contributed by atoms with E-state index >= 15 is 0 Å². The van der Waals surface area contributed by atoms with E-state index in [-0.39, 0.29) is 6.61 Å². The van der Waals surface area contributed by atoms with Crippen LogP contribution in [-0.2, 0) is 19.1 Å². The van der Waals surface area contributed by atoms with Crippen molar-refractivity contribution in [1.82, 2.24) is 5.32 Å². The van der Waals surface area contributed by atoms with Crippen LogP contribution >= 0.6 is 0 Å². The summed E-state index contributed by atoms with van der Waals surface area (Å²) in [6.45, 7) is 0.856. The molecule has 3 unspecified atom stereocenters. The van der Waals surface area contributed by atoms with E-state index in [1.807, 2.05) is 0 Å². The highest BCUT2D eigenvalue weighted by atomic mass is 16.7. The molecule has 0 spiro atoms. The van der Waals surface area contributed by atoms with E-state index in [0.29, 0.717) is 0 Å². The van der Waals surface area contributed by atoms with Crippen molar-refractivity contribution in [3.8, 4) is 0 Å². The molecule has 0 aromatic carbocycles. The van der Waals surface area contributed by atoms with E-state index in [1.165, 1.54) is 7.11 Å². The van der Waals surface area contributed by atoms with E-state index in [4.69, 9.17) is 9.84 Å². The molecular formula is C12H21NO9. The summed E-state index contributed by atoms with van der Waals surface area (Å²) in [7, 11) is 1.27. The van der Waals surface area contributed by atoms with Crippen LogP contribution in [0.25, 0.3) is 0 Å². The zero-order valence-electron chi connectivity index (χ0n) is 12.2. The predicted octanol–water partition coefficient (Wildman–Crippen LogP) is -3.22. The van der Waals surface area contributed by atoms with Crippen LogP contribution in [0.2, 0.25) is 0 Å². The second kappa shape index (κ2) is 7.31. The first kappa shape index (κ1) is 18.7. The number of aliphatic carboxylic acids is 1. The molecule has 0 radical (unpaired) electrons. The number of rotatable bonds is 6. The molecule has 1 fully saturated rings. The summed E-state index contributed by atoms with van der Waals surface area (Å²) in [5.74, 6) is -5.06. The first-order valence-corrected chi connectivity index (χ1v) is 6.56. The Morgan fingerprint density at radius 1 is 1.45 bits per heavy atom. The minimum absolute atomic E-state index is 0.296. The summed E-state index contributed by atoms with van der Waals surface area (Å²) in [6.07, 6.45) is -6.96. The fraction of sp³-hybridized carbons (Fsp3) is 0.833. The number of carbonyl (C=O) groups excluding carboxylic acids is 1. The maximum atomic E-state index is 11.2. The van der Waals surface area contributed by atoms with Crippen molar-refractivity contribution in [2.75, 3.05) is 13.7 Å². The van der Waals surface area contributed by atoms with E-state index in [0.717, 1.165) is 6.92 Å². The lowest BCUT2D eigenvalue weighted by Gasteiger charge is -2.44. The molecule has 22 heavy (non-hydrogen) atoms. The van der Waals surface area contributed by atoms with Crippen LogP contribution in [0.1, 0.15) is 13.3 Å². The van der Waals surface area contributed by atoms with Gasteiger partial charge in [0.1, 0.15) is 18.3 Å². The second-order valence-corrected chi connectivity index (χ2v) is 5.18. The monoisotopic (exact) mass is 323 g/mol. The average molecular weight is 323 g/mol. The Balaban J connectivity index is 3.05. The van der Waals surface area contributed by atoms with Crippen LogP contribution in [0, 0.1) is 0 Å². The molecule has 0 aliphatic carbocycles. The molecule has 1 aliphatic heterocycles. The first-order valence-electron chi connectivity index (χ1n) is 6.56. The quantitative estimate of drug-likeness (QED) is 0.295. The van der Waals surface area contributed by atoms with Crippen LogP contribution < -0.4 is 5.32 Å². The zero-order valence-corrected chi connectivity index (χ0v) is 12.2. The van der Waals surface area contributed by atoms with Gasteiger partial charge in [0.05, 0.1) is 18.8 Å². The van der Waals surface area contributed by atoms with Gasteiger partial charge in [-0.15, -0.1) is 0 Å². The van der Waals surface area contributed by atoms with Crippen LogP contribution in [0.3, 0.4) is 0 Å². The molecule has 128 valence electrons. The Morgan fingerprint density at radius 3 is 2.50 bits per heavy atom. The Labute approximate surface area is 126 Å². The minimum Gasteiger partial charge on any atom is -0.477 e. The van der Waals surface area contributed by atoms with Gasteiger partial charge in [-0.05, 0) is 0 Å². The number of ether oxygens (including phenoxy) is 2. The summed E-state index contributed by atoms with van der Waals surface area (Å²) >= 11 is 0. The summed E-state index contributed by atoms with van der Waals surface area (Å²) in [5, 5.41) is 51.0. The fourth-order valence-corrected chi connectivity index (χ4v) is 2.30. The van der Waals surface area contributed by atoms with Gasteiger partial charge in [-0.1, -0.05) is 0 Å². The Kier molecular flexibility index (Phi) is 6.23. The molecule has 0 aromatic heterocycles. The van der Waals surface area contributed by atoms with Crippen molar-refractivity contribution in [3.05, 3.63) is 0 Å². The van der Waals surface area contributed by atoms with E-state index in [9.17, 15) is 30.0 Å². The zero-order chi connectivity index (χ0) is 17.1. The van der Waals surface area contributed by atoms with Crippen molar-refractivity contribution < 1.29 is 44.6 Å². The normalized spacial score (nSPS) is 34.7. The summed E-state index contributed by atoms with van der Waals surface area (Å²) in [6, 6.07) is -1.21. The largest absolute Gasteiger partial charge is 0.477 e. The number of aliphatic hydroxyl groups excluding tert-OH is 3. The van der Waals surface area contributed by atoms with Gasteiger partial charge in [0.15, 0.2) is 0 Å². The number of amides is 1. The number of carbonyl (C=O) groups is 2.